The van der Waals surface area contributed by atoms with E-state index in [0.717, 1.165) is 26.1 Å². The Balaban J connectivity index is 1.66. The van der Waals surface area contributed by atoms with Crippen molar-refractivity contribution in [1.29, 1.82) is 0 Å². The molecule has 0 amide bonds. The first kappa shape index (κ1) is 14.1. The number of alkyl halides is 3. The molecule has 2 nitrogen and oxygen atoms in total. The molecule has 0 saturated carbocycles. The van der Waals surface area contributed by atoms with Gasteiger partial charge < -0.3 is 4.90 Å². The molecule has 0 aromatic heterocycles. The van der Waals surface area contributed by atoms with E-state index in [-0.39, 0.29) is 6.42 Å². The van der Waals surface area contributed by atoms with Crippen LogP contribution < -0.4 is 0 Å². The summed E-state index contributed by atoms with van der Waals surface area (Å²) < 4.78 is 36.1. The van der Waals surface area contributed by atoms with Crippen molar-refractivity contribution in [1.82, 2.24) is 9.80 Å². The maximum atomic E-state index is 12.0. The van der Waals surface area contributed by atoms with E-state index >= 15 is 0 Å². The predicted molar refractivity (Wildman–Crippen MR) is 65.6 cm³/mol. The smallest absolute Gasteiger partial charge is 0.302 e. The second-order valence-corrected chi connectivity index (χ2v) is 5.56. The third kappa shape index (κ3) is 4.43. The highest BCUT2D eigenvalue weighted by Gasteiger charge is 2.29. The molecule has 1 unspecified atom stereocenters. The van der Waals surface area contributed by atoms with Crippen LogP contribution in [0.2, 0.25) is 0 Å². The second-order valence-electron chi connectivity index (χ2n) is 5.56. The van der Waals surface area contributed by atoms with Crippen LogP contribution in [0.5, 0.6) is 0 Å². The van der Waals surface area contributed by atoms with Gasteiger partial charge >= 0.3 is 6.18 Å². The van der Waals surface area contributed by atoms with Crippen molar-refractivity contribution in [3.63, 3.8) is 0 Å². The molecule has 18 heavy (non-hydrogen) atoms. The van der Waals surface area contributed by atoms with Gasteiger partial charge in [-0.05, 0) is 58.3 Å². The highest BCUT2D eigenvalue weighted by molar-refractivity contribution is 4.84. The van der Waals surface area contributed by atoms with E-state index in [1.807, 2.05) is 0 Å². The Morgan fingerprint density at radius 3 is 2.56 bits per heavy atom. The van der Waals surface area contributed by atoms with Gasteiger partial charge in [-0.15, -0.1) is 0 Å². The molecule has 0 aromatic carbocycles. The molecule has 2 aliphatic heterocycles. The van der Waals surface area contributed by atoms with Gasteiger partial charge in [0.05, 0.1) is 0 Å². The Kier molecular flexibility index (Phi) is 4.90. The summed E-state index contributed by atoms with van der Waals surface area (Å²) in [5.41, 5.74) is 0. The minimum atomic E-state index is -3.99. The fourth-order valence-corrected chi connectivity index (χ4v) is 3.15. The Morgan fingerprint density at radius 2 is 1.78 bits per heavy atom. The lowest BCUT2D eigenvalue weighted by Crippen LogP contribution is -2.37. The number of hydrogen-bond donors (Lipinski definition) is 0. The molecule has 0 bridgehead atoms. The van der Waals surface area contributed by atoms with E-state index in [0.29, 0.717) is 12.5 Å². The maximum absolute atomic E-state index is 12.0. The lowest BCUT2D eigenvalue weighted by molar-refractivity contribution is -0.135. The van der Waals surface area contributed by atoms with Crippen LogP contribution in [0.4, 0.5) is 13.2 Å². The topological polar surface area (TPSA) is 6.48 Å². The predicted octanol–water partition coefficient (Wildman–Crippen LogP) is 2.89. The third-order valence-corrected chi connectivity index (χ3v) is 4.07. The number of fused-ring (bicyclic) bond motifs is 1. The average molecular weight is 264 g/mol. The molecule has 2 heterocycles. The fourth-order valence-electron chi connectivity index (χ4n) is 3.15. The SMILES string of the molecule is FC(F)(F)CCCCN1CCCN2CCCC2C1. The zero-order valence-electron chi connectivity index (χ0n) is 10.9. The molecule has 2 fully saturated rings. The number of hydrogen-bond acceptors (Lipinski definition) is 2. The van der Waals surface area contributed by atoms with Crippen LogP contribution in [-0.2, 0) is 0 Å². The normalized spacial score (nSPS) is 27.2. The standard InChI is InChI=1S/C13H23F3N2/c14-13(15,16)6-1-2-7-17-8-4-10-18-9-3-5-12(18)11-17/h12H,1-11H2. The highest BCUT2D eigenvalue weighted by Crippen LogP contribution is 2.24. The van der Waals surface area contributed by atoms with Gasteiger partial charge in [0.15, 0.2) is 0 Å². The van der Waals surface area contributed by atoms with Gasteiger partial charge in [0.25, 0.3) is 0 Å². The van der Waals surface area contributed by atoms with Crippen LogP contribution in [0.25, 0.3) is 0 Å². The van der Waals surface area contributed by atoms with Crippen LogP contribution in [0.15, 0.2) is 0 Å². The summed E-state index contributed by atoms with van der Waals surface area (Å²) in [5, 5.41) is 0. The molecule has 5 heteroatoms. The molecule has 0 N–H and O–H groups in total. The van der Waals surface area contributed by atoms with E-state index in [4.69, 9.17) is 0 Å². The first-order valence-electron chi connectivity index (χ1n) is 7.08. The Bertz CT molecular complexity index is 255. The van der Waals surface area contributed by atoms with Crippen LogP contribution in [0.3, 0.4) is 0 Å². The summed E-state index contributed by atoms with van der Waals surface area (Å²) >= 11 is 0. The van der Waals surface area contributed by atoms with Gasteiger partial charge in [0.1, 0.15) is 0 Å². The Labute approximate surface area is 107 Å². The lowest BCUT2D eigenvalue weighted by Gasteiger charge is -2.25. The monoisotopic (exact) mass is 264 g/mol. The van der Waals surface area contributed by atoms with Gasteiger partial charge in [-0.25, -0.2) is 0 Å². The minimum Gasteiger partial charge on any atom is -0.302 e. The summed E-state index contributed by atoms with van der Waals surface area (Å²) in [6, 6.07) is 0.662. The van der Waals surface area contributed by atoms with Crippen LogP contribution in [-0.4, -0.2) is 54.7 Å². The first-order valence-corrected chi connectivity index (χ1v) is 7.08. The maximum Gasteiger partial charge on any atom is 0.389 e. The Hall–Kier alpha value is -0.290. The molecule has 2 aliphatic rings. The first-order chi connectivity index (χ1) is 8.54. The van der Waals surface area contributed by atoms with Crippen molar-refractivity contribution >= 4 is 0 Å². The van der Waals surface area contributed by atoms with Crippen molar-refractivity contribution in [2.75, 3.05) is 32.7 Å². The lowest BCUT2D eigenvalue weighted by atomic mass is 10.2. The summed E-state index contributed by atoms with van der Waals surface area (Å²) in [6.07, 6.45) is 0.0411. The van der Waals surface area contributed by atoms with E-state index in [2.05, 4.69) is 9.80 Å². The molecule has 0 aliphatic carbocycles. The van der Waals surface area contributed by atoms with Crippen molar-refractivity contribution in [3.05, 3.63) is 0 Å². The number of unbranched alkanes of at least 4 members (excludes halogenated alkanes) is 1. The highest BCUT2D eigenvalue weighted by atomic mass is 19.4. The van der Waals surface area contributed by atoms with Crippen LogP contribution in [0.1, 0.15) is 38.5 Å². The second kappa shape index (κ2) is 6.24. The van der Waals surface area contributed by atoms with Gasteiger partial charge in [-0.1, -0.05) is 0 Å². The van der Waals surface area contributed by atoms with Crippen LogP contribution in [0, 0.1) is 0 Å². The zero-order chi connectivity index (χ0) is 13.0. The van der Waals surface area contributed by atoms with Gasteiger partial charge in [0.2, 0.25) is 0 Å². The third-order valence-electron chi connectivity index (χ3n) is 4.07. The van der Waals surface area contributed by atoms with E-state index in [1.54, 1.807) is 0 Å². The van der Waals surface area contributed by atoms with Gasteiger partial charge in [-0.3, -0.25) is 4.90 Å². The van der Waals surface area contributed by atoms with Crippen molar-refractivity contribution in [3.8, 4) is 0 Å². The number of nitrogens with zero attached hydrogens (tertiary/aromatic N) is 2. The van der Waals surface area contributed by atoms with Crippen molar-refractivity contribution in [2.24, 2.45) is 0 Å². The average Bonchev–Trinajstić information content (AvgIpc) is 2.62. The molecule has 2 rings (SSSR count). The molecule has 106 valence electrons. The summed E-state index contributed by atoms with van der Waals surface area (Å²) in [4.78, 5) is 4.92. The van der Waals surface area contributed by atoms with Gasteiger partial charge in [0, 0.05) is 19.0 Å². The van der Waals surface area contributed by atoms with Crippen molar-refractivity contribution < 1.29 is 13.2 Å². The quantitative estimate of drug-likeness (QED) is 0.720. The van der Waals surface area contributed by atoms with E-state index in [9.17, 15) is 13.2 Å². The molecule has 1 atom stereocenters. The molecule has 0 spiro atoms. The Morgan fingerprint density at radius 1 is 1.00 bits per heavy atom. The summed E-state index contributed by atoms with van der Waals surface area (Å²) in [6.45, 7) is 5.34. The van der Waals surface area contributed by atoms with E-state index < -0.39 is 12.6 Å². The van der Waals surface area contributed by atoms with Crippen LogP contribution >= 0.6 is 0 Å². The summed E-state index contributed by atoms with van der Waals surface area (Å²) in [7, 11) is 0. The fraction of sp³-hybridized carbons (Fsp3) is 1.00. The zero-order valence-corrected chi connectivity index (χ0v) is 10.9. The summed E-state index contributed by atoms with van der Waals surface area (Å²) in [5.74, 6) is 0. The molecular weight excluding hydrogens is 241 g/mol. The molecule has 0 aromatic rings. The molecular formula is C13H23F3N2. The largest absolute Gasteiger partial charge is 0.389 e. The van der Waals surface area contributed by atoms with Crippen molar-refractivity contribution in [2.45, 2.75) is 50.7 Å². The number of halogens is 3. The minimum absolute atomic E-state index is 0.272. The number of rotatable bonds is 4. The van der Waals surface area contributed by atoms with Gasteiger partial charge in [-0.2, -0.15) is 13.2 Å². The molecule has 2 saturated heterocycles. The van der Waals surface area contributed by atoms with E-state index in [1.165, 1.54) is 25.9 Å². The molecule has 0 radical (unpaired) electrons.